The van der Waals surface area contributed by atoms with Gasteiger partial charge in [-0.3, -0.25) is 14.0 Å². The van der Waals surface area contributed by atoms with Crippen LogP contribution in [0.15, 0.2) is 29.3 Å². The van der Waals surface area contributed by atoms with Crippen LogP contribution in [0.2, 0.25) is 0 Å². The van der Waals surface area contributed by atoms with Gasteiger partial charge in [-0.25, -0.2) is 4.98 Å². The number of aromatic hydroxyl groups is 1. The van der Waals surface area contributed by atoms with Gasteiger partial charge in [-0.05, 0) is 44.2 Å². The molecule has 0 bridgehead atoms. The van der Waals surface area contributed by atoms with E-state index in [1.807, 2.05) is 0 Å². The molecule has 25 heavy (non-hydrogen) atoms. The molecule has 2 aromatic heterocycles. The Morgan fingerprint density at radius 1 is 1.44 bits per heavy atom. The SMILES string of the molecule is COCCCC1CCCCN1C(=O)c1cnc2c(O)cccn2c1=O. The lowest BCUT2D eigenvalue weighted by Crippen LogP contribution is -2.45. The number of piperidine rings is 1. The van der Waals surface area contributed by atoms with Crippen LogP contribution in [0, 0.1) is 0 Å². The van der Waals surface area contributed by atoms with Crippen molar-refractivity contribution in [1.82, 2.24) is 14.3 Å². The lowest BCUT2D eigenvalue weighted by atomic mass is 9.97. The van der Waals surface area contributed by atoms with Crippen molar-refractivity contribution < 1.29 is 14.6 Å². The maximum absolute atomic E-state index is 13.0. The van der Waals surface area contributed by atoms with Gasteiger partial charge >= 0.3 is 0 Å². The van der Waals surface area contributed by atoms with Crippen LogP contribution in [0.5, 0.6) is 5.75 Å². The molecule has 134 valence electrons. The van der Waals surface area contributed by atoms with Gasteiger partial charge in [0.2, 0.25) is 0 Å². The molecule has 1 aliphatic rings. The Labute approximate surface area is 145 Å². The minimum Gasteiger partial charge on any atom is -0.504 e. The number of aromatic nitrogens is 2. The summed E-state index contributed by atoms with van der Waals surface area (Å²) in [5.41, 5.74) is -0.256. The third-order valence-electron chi connectivity index (χ3n) is 4.72. The van der Waals surface area contributed by atoms with Crippen LogP contribution in [0.1, 0.15) is 42.5 Å². The molecule has 1 amide bonds. The van der Waals surface area contributed by atoms with Crippen LogP contribution in [0.4, 0.5) is 0 Å². The van der Waals surface area contributed by atoms with Gasteiger partial charge in [0.05, 0.1) is 0 Å². The zero-order valence-electron chi connectivity index (χ0n) is 14.4. The Kier molecular flexibility index (Phi) is 5.33. The van der Waals surface area contributed by atoms with Gasteiger partial charge in [0, 0.05) is 38.7 Å². The summed E-state index contributed by atoms with van der Waals surface area (Å²) in [6.45, 7) is 1.32. The topological polar surface area (TPSA) is 84.1 Å². The Hall–Kier alpha value is -2.41. The number of nitrogens with zero attached hydrogens (tertiary/aromatic N) is 3. The van der Waals surface area contributed by atoms with Crippen molar-refractivity contribution in [3.8, 4) is 5.75 Å². The molecular weight excluding hydrogens is 322 g/mol. The Balaban J connectivity index is 1.89. The lowest BCUT2D eigenvalue weighted by molar-refractivity contribution is 0.0582. The number of fused-ring (bicyclic) bond motifs is 1. The van der Waals surface area contributed by atoms with Crippen molar-refractivity contribution in [2.45, 2.75) is 38.1 Å². The maximum Gasteiger partial charge on any atom is 0.270 e. The quantitative estimate of drug-likeness (QED) is 0.836. The number of hydrogen-bond acceptors (Lipinski definition) is 5. The number of hydrogen-bond donors (Lipinski definition) is 1. The fraction of sp³-hybridized carbons (Fsp3) is 0.500. The summed E-state index contributed by atoms with van der Waals surface area (Å²) in [7, 11) is 1.67. The van der Waals surface area contributed by atoms with Gasteiger partial charge in [-0.2, -0.15) is 0 Å². The van der Waals surface area contributed by atoms with Crippen LogP contribution in [0.3, 0.4) is 0 Å². The third-order valence-corrected chi connectivity index (χ3v) is 4.72. The highest BCUT2D eigenvalue weighted by Gasteiger charge is 2.29. The Morgan fingerprint density at radius 3 is 3.08 bits per heavy atom. The van der Waals surface area contributed by atoms with Crippen molar-refractivity contribution in [3.05, 3.63) is 40.4 Å². The van der Waals surface area contributed by atoms with Gasteiger partial charge < -0.3 is 14.7 Å². The number of methoxy groups -OCH3 is 1. The molecule has 1 saturated heterocycles. The molecule has 0 radical (unpaired) electrons. The van der Waals surface area contributed by atoms with Crippen LogP contribution in [0.25, 0.3) is 5.65 Å². The minimum atomic E-state index is -0.452. The second kappa shape index (κ2) is 7.65. The molecule has 2 aromatic rings. The minimum absolute atomic E-state index is 0.0433. The predicted octanol–water partition coefficient (Wildman–Crippen LogP) is 1.82. The average molecular weight is 345 g/mol. The summed E-state index contributed by atoms with van der Waals surface area (Å²) >= 11 is 0. The second-order valence-electron chi connectivity index (χ2n) is 6.35. The Bertz CT molecular complexity index is 818. The summed E-state index contributed by atoms with van der Waals surface area (Å²) < 4.78 is 6.32. The first-order chi connectivity index (χ1) is 12.1. The van der Waals surface area contributed by atoms with Crippen molar-refractivity contribution in [3.63, 3.8) is 0 Å². The fourth-order valence-electron chi connectivity index (χ4n) is 3.42. The first-order valence-electron chi connectivity index (χ1n) is 8.62. The van der Waals surface area contributed by atoms with E-state index < -0.39 is 5.56 Å². The van der Waals surface area contributed by atoms with Crippen LogP contribution < -0.4 is 5.56 Å². The van der Waals surface area contributed by atoms with Gasteiger partial charge in [0.25, 0.3) is 11.5 Å². The van der Waals surface area contributed by atoms with E-state index in [-0.39, 0.29) is 28.9 Å². The van der Waals surface area contributed by atoms with Crippen molar-refractivity contribution in [2.24, 2.45) is 0 Å². The summed E-state index contributed by atoms with van der Waals surface area (Å²) in [5, 5.41) is 9.81. The highest BCUT2D eigenvalue weighted by atomic mass is 16.5. The third kappa shape index (κ3) is 3.51. The Morgan fingerprint density at radius 2 is 2.28 bits per heavy atom. The van der Waals surface area contributed by atoms with E-state index in [1.54, 1.807) is 18.1 Å². The van der Waals surface area contributed by atoms with Crippen molar-refractivity contribution in [2.75, 3.05) is 20.3 Å². The van der Waals surface area contributed by atoms with E-state index in [0.29, 0.717) is 13.2 Å². The van der Waals surface area contributed by atoms with Gasteiger partial charge in [0.15, 0.2) is 11.4 Å². The molecule has 0 spiro atoms. The van der Waals surface area contributed by atoms with Crippen LogP contribution in [-0.2, 0) is 4.74 Å². The van der Waals surface area contributed by atoms with E-state index in [4.69, 9.17) is 4.74 Å². The molecular formula is C18H23N3O4. The van der Waals surface area contributed by atoms with E-state index in [2.05, 4.69) is 4.98 Å². The molecule has 1 unspecified atom stereocenters. The number of carbonyl (C=O) groups excluding carboxylic acids is 1. The zero-order chi connectivity index (χ0) is 17.8. The molecule has 1 atom stereocenters. The summed E-state index contributed by atoms with van der Waals surface area (Å²) in [6, 6.07) is 3.13. The lowest BCUT2D eigenvalue weighted by Gasteiger charge is -2.35. The summed E-state index contributed by atoms with van der Waals surface area (Å²) in [4.78, 5) is 31.5. The van der Waals surface area contributed by atoms with Crippen molar-refractivity contribution in [1.29, 1.82) is 0 Å². The predicted molar refractivity (Wildman–Crippen MR) is 92.9 cm³/mol. The fourth-order valence-corrected chi connectivity index (χ4v) is 3.42. The number of rotatable bonds is 5. The highest BCUT2D eigenvalue weighted by Crippen LogP contribution is 2.22. The number of likely N-dealkylation sites (tertiary alicyclic amines) is 1. The van der Waals surface area contributed by atoms with Gasteiger partial charge in [-0.1, -0.05) is 0 Å². The summed E-state index contributed by atoms with van der Waals surface area (Å²) in [6.07, 6.45) is 7.50. The molecule has 3 heterocycles. The smallest absolute Gasteiger partial charge is 0.270 e. The molecule has 1 fully saturated rings. The normalized spacial score (nSPS) is 17.8. The van der Waals surface area contributed by atoms with E-state index in [9.17, 15) is 14.7 Å². The maximum atomic E-state index is 13.0. The number of pyridine rings is 1. The number of carbonyl (C=O) groups is 1. The van der Waals surface area contributed by atoms with Crippen LogP contribution in [-0.4, -0.2) is 51.6 Å². The van der Waals surface area contributed by atoms with Crippen LogP contribution >= 0.6 is 0 Å². The molecule has 0 aliphatic carbocycles. The molecule has 7 heteroatoms. The average Bonchev–Trinajstić information content (AvgIpc) is 2.63. The molecule has 0 saturated carbocycles. The molecule has 1 aliphatic heterocycles. The molecule has 7 nitrogen and oxygen atoms in total. The first kappa shape index (κ1) is 17.4. The van der Waals surface area contributed by atoms with Gasteiger partial charge in [0.1, 0.15) is 5.56 Å². The van der Waals surface area contributed by atoms with Crippen molar-refractivity contribution >= 4 is 11.6 Å². The van der Waals surface area contributed by atoms with Gasteiger partial charge in [-0.15, -0.1) is 0 Å². The van der Waals surface area contributed by atoms with E-state index >= 15 is 0 Å². The largest absolute Gasteiger partial charge is 0.504 e. The molecule has 0 aromatic carbocycles. The number of ether oxygens (including phenoxy) is 1. The van der Waals surface area contributed by atoms with E-state index in [0.717, 1.165) is 32.1 Å². The molecule has 3 rings (SSSR count). The zero-order valence-corrected chi connectivity index (χ0v) is 14.4. The van der Waals surface area contributed by atoms with E-state index in [1.165, 1.54) is 22.9 Å². The second-order valence-corrected chi connectivity index (χ2v) is 6.35. The standard InChI is InChI=1S/C18H23N3O4/c1-25-11-5-7-13-6-2-3-9-20(13)17(23)14-12-19-16-15(22)8-4-10-21(16)18(14)24/h4,8,10,12-13,22H,2-3,5-7,9,11H2,1H3. The highest BCUT2D eigenvalue weighted by molar-refractivity contribution is 5.94. The first-order valence-corrected chi connectivity index (χ1v) is 8.62. The monoisotopic (exact) mass is 345 g/mol. The number of amides is 1. The molecule has 1 N–H and O–H groups in total. The summed E-state index contributed by atoms with van der Waals surface area (Å²) in [5.74, 6) is -0.369.